The van der Waals surface area contributed by atoms with E-state index in [1.54, 1.807) is 7.05 Å². The summed E-state index contributed by atoms with van der Waals surface area (Å²) in [4.78, 5) is 34.4. The molecule has 7 nitrogen and oxygen atoms in total. The van der Waals surface area contributed by atoms with E-state index in [4.69, 9.17) is 0 Å². The van der Waals surface area contributed by atoms with Crippen molar-refractivity contribution in [3.8, 4) is 11.8 Å². The third-order valence-corrected chi connectivity index (χ3v) is 6.32. The minimum Gasteiger partial charge on any atom is -0.392 e. The first-order valence-electron chi connectivity index (χ1n) is 11.7. The van der Waals surface area contributed by atoms with E-state index in [2.05, 4.69) is 38.1 Å². The smallest absolute Gasteiger partial charge is 0.266 e. The van der Waals surface area contributed by atoms with Crippen molar-refractivity contribution in [1.29, 1.82) is 0 Å². The number of aliphatic hydroxyl groups excluding tert-OH is 1. The van der Waals surface area contributed by atoms with Crippen molar-refractivity contribution >= 4 is 16.9 Å². The minimum absolute atomic E-state index is 0.111. The lowest BCUT2D eigenvalue weighted by Crippen LogP contribution is -2.36. The number of aliphatic hydroxyl groups is 1. The van der Waals surface area contributed by atoms with Gasteiger partial charge in [-0.15, -0.1) is 0 Å². The Hall–Kier alpha value is -3.47. The van der Waals surface area contributed by atoms with Gasteiger partial charge in [0.15, 0.2) is 0 Å². The van der Waals surface area contributed by atoms with Gasteiger partial charge in [0.05, 0.1) is 29.3 Å². The molecule has 1 saturated heterocycles. The molecule has 34 heavy (non-hydrogen) atoms. The standard InChI is InChI=1S/C27H30N4O3/c1-3-4-6-18-7-5-8-19(13-18)22(17-31-12-11-21(32)16-31)26(27(34)28-2)20-9-10-23-24(14-20)30-25(33)15-29-23/h5,7-10,13-15,21-22,26,32H,3,11-12,16-17H2,1-2H3,(H,28,34)(H,30,33)/t21-,22+,26?/m0/s1. The molecule has 0 bridgehead atoms. The van der Waals surface area contributed by atoms with E-state index in [1.807, 2.05) is 43.3 Å². The summed E-state index contributed by atoms with van der Waals surface area (Å²) >= 11 is 0. The molecule has 1 aliphatic rings. The predicted octanol–water partition coefficient (Wildman–Crippen LogP) is 2.36. The van der Waals surface area contributed by atoms with E-state index in [0.717, 1.165) is 36.1 Å². The molecular weight excluding hydrogens is 428 g/mol. The molecule has 3 atom stereocenters. The van der Waals surface area contributed by atoms with Crippen LogP contribution in [0.15, 0.2) is 53.5 Å². The predicted molar refractivity (Wildman–Crippen MR) is 133 cm³/mol. The highest BCUT2D eigenvalue weighted by molar-refractivity contribution is 5.86. The summed E-state index contributed by atoms with van der Waals surface area (Å²) in [6, 6.07) is 13.6. The number of aromatic amines is 1. The van der Waals surface area contributed by atoms with E-state index in [-0.39, 0.29) is 23.5 Å². The number of nitrogens with zero attached hydrogens (tertiary/aromatic N) is 2. The van der Waals surface area contributed by atoms with Gasteiger partial charge >= 0.3 is 0 Å². The van der Waals surface area contributed by atoms with Crippen molar-refractivity contribution in [2.75, 3.05) is 26.7 Å². The normalized spacial score (nSPS) is 17.7. The molecule has 0 radical (unpaired) electrons. The number of β-amino-alcohol motifs (C(OH)–C–C–N with tert-alkyl or cyclic N) is 1. The number of carbonyl (C=O) groups excluding carboxylic acids is 1. The number of hydrogen-bond acceptors (Lipinski definition) is 5. The Labute approximate surface area is 199 Å². The minimum atomic E-state index is -0.509. The van der Waals surface area contributed by atoms with Crippen LogP contribution in [-0.4, -0.2) is 58.7 Å². The fourth-order valence-electron chi connectivity index (χ4n) is 4.67. The van der Waals surface area contributed by atoms with Gasteiger partial charge in [0.25, 0.3) is 5.56 Å². The Bertz CT molecular complexity index is 1290. The average Bonchev–Trinajstić information content (AvgIpc) is 3.26. The van der Waals surface area contributed by atoms with Crippen molar-refractivity contribution in [3.05, 3.63) is 75.7 Å². The fourth-order valence-corrected chi connectivity index (χ4v) is 4.67. The van der Waals surface area contributed by atoms with Gasteiger partial charge in [-0.05, 0) is 41.8 Å². The number of amides is 1. The molecule has 3 aromatic rings. The second kappa shape index (κ2) is 10.6. The highest BCUT2D eigenvalue weighted by Crippen LogP contribution is 2.36. The molecule has 1 fully saturated rings. The van der Waals surface area contributed by atoms with Crippen LogP contribution in [0.1, 0.15) is 48.3 Å². The number of fused-ring (bicyclic) bond motifs is 1. The number of rotatable bonds is 6. The summed E-state index contributed by atoms with van der Waals surface area (Å²) in [7, 11) is 1.64. The molecule has 2 heterocycles. The van der Waals surface area contributed by atoms with Gasteiger partial charge in [-0.1, -0.05) is 37.0 Å². The van der Waals surface area contributed by atoms with Crippen molar-refractivity contribution in [3.63, 3.8) is 0 Å². The number of carbonyl (C=O) groups is 1. The van der Waals surface area contributed by atoms with Crippen LogP contribution in [0.4, 0.5) is 0 Å². The van der Waals surface area contributed by atoms with Crippen LogP contribution in [0.25, 0.3) is 11.0 Å². The second-order valence-corrected chi connectivity index (χ2v) is 8.71. The van der Waals surface area contributed by atoms with Crippen LogP contribution in [0, 0.1) is 11.8 Å². The monoisotopic (exact) mass is 458 g/mol. The molecule has 1 amide bonds. The molecule has 2 aromatic carbocycles. The quantitative estimate of drug-likeness (QED) is 0.493. The molecule has 1 aromatic heterocycles. The molecule has 0 aliphatic carbocycles. The van der Waals surface area contributed by atoms with Crippen molar-refractivity contribution < 1.29 is 9.90 Å². The number of nitrogens with one attached hydrogen (secondary N) is 2. The summed E-state index contributed by atoms with van der Waals surface area (Å²) in [6.45, 7) is 3.99. The molecule has 0 spiro atoms. The van der Waals surface area contributed by atoms with E-state index in [0.29, 0.717) is 24.1 Å². The van der Waals surface area contributed by atoms with Crippen LogP contribution < -0.4 is 10.9 Å². The van der Waals surface area contributed by atoms with Crippen LogP contribution in [0.3, 0.4) is 0 Å². The fraction of sp³-hybridized carbons (Fsp3) is 0.370. The summed E-state index contributed by atoms with van der Waals surface area (Å²) in [5.41, 5.74) is 3.69. The zero-order chi connectivity index (χ0) is 24.1. The van der Waals surface area contributed by atoms with Gasteiger partial charge in [-0.2, -0.15) is 0 Å². The number of likely N-dealkylation sites (N-methyl/N-ethyl adjacent to an activating group) is 1. The number of likely N-dealkylation sites (tertiary alicyclic amines) is 1. The molecule has 4 rings (SSSR count). The molecular formula is C27H30N4O3. The van der Waals surface area contributed by atoms with Gasteiger partial charge in [0, 0.05) is 44.6 Å². The van der Waals surface area contributed by atoms with Crippen molar-refractivity contribution in [1.82, 2.24) is 20.2 Å². The zero-order valence-electron chi connectivity index (χ0n) is 19.5. The van der Waals surface area contributed by atoms with Crippen LogP contribution in [0.2, 0.25) is 0 Å². The Balaban J connectivity index is 1.82. The van der Waals surface area contributed by atoms with Gasteiger partial charge in [-0.25, -0.2) is 4.98 Å². The summed E-state index contributed by atoms with van der Waals surface area (Å²) in [5.74, 6) is 5.50. The third-order valence-electron chi connectivity index (χ3n) is 6.32. The van der Waals surface area contributed by atoms with Gasteiger partial charge in [0.2, 0.25) is 5.91 Å². The Kier molecular flexibility index (Phi) is 7.41. The summed E-state index contributed by atoms with van der Waals surface area (Å²) < 4.78 is 0. The molecule has 176 valence electrons. The Morgan fingerprint density at radius 3 is 2.88 bits per heavy atom. The third kappa shape index (κ3) is 5.36. The lowest BCUT2D eigenvalue weighted by Gasteiger charge is -2.31. The first-order chi connectivity index (χ1) is 16.5. The average molecular weight is 459 g/mol. The van der Waals surface area contributed by atoms with Crippen molar-refractivity contribution in [2.45, 2.75) is 37.7 Å². The lowest BCUT2D eigenvalue weighted by atomic mass is 9.79. The van der Waals surface area contributed by atoms with Gasteiger partial charge in [-0.3, -0.25) is 9.59 Å². The Morgan fingerprint density at radius 2 is 2.15 bits per heavy atom. The largest absolute Gasteiger partial charge is 0.392 e. The Morgan fingerprint density at radius 1 is 1.29 bits per heavy atom. The number of hydrogen-bond donors (Lipinski definition) is 3. The lowest BCUT2D eigenvalue weighted by molar-refractivity contribution is -0.122. The summed E-state index contributed by atoms with van der Waals surface area (Å²) in [5, 5.41) is 12.9. The first kappa shape index (κ1) is 23.7. The first-order valence-corrected chi connectivity index (χ1v) is 11.7. The highest BCUT2D eigenvalue weighted by Gasteiger charge is 2.34. The van der Waals surface area contributed by atoms with E-state index in [1.165, 1.54) is 6.20 Å². The molecule has 7 heteroatoms. The van der Waals surface area contributed by atoms with Crippen LogP contribution in [-0.2, 0) is 4.79 Å². The number of benzene rings is 2. The maximum absolute atomic E-state index is 13.3. The van der Waals surface area contributed by atoms with E-state index < -0.39 is 5.92 Å². The SMILES string of the molecule is CCC#Cc1cccc([C@@H](CN2CC[C@H](O)C2)C(C(=O)NC)c2ccc3ncc(=O)[nH]c3c2)c1. The maximum Gasteiger partial charge on any atom is 0.266 e. The van der Waals surface area contributed by atoms with E-state index >= 15 is 0 Å². The van der Waals surface area contributed by atoms with Crippen LogP contribution in [0.5, 0.6) is 0 Å². The van der Waals surface area contributed by atoms with Gasteiger partial charge in [0.1, 0.15) is 0 Å². The summed E-state index contributed by atoms with van der Waals surface area (Å²) in [6.07, 6.45) is 2.40. The van der Waals surface area contributed by atoms with Gasteiger partial charge < -0.3 is 20.3 Å². The zero-order valence-corrected chi connectivity index (χ0v) is 19.5. The number of H-pyrrole nitrogens is 1. The topological polar surface area (TPSA) is 98.3 Å². The number of aromatic nitrogens is 2. The molecule has 0 saturated carbocycles. The van der Waals surface area contributed by atoms with Crippen molar-refractivity contribution in [2.24, 2.45) is 0 Å². The highest BCUT2D eigenvalue weighted by atomic mass is 16.3. The second-order valence-electron chi connectivity index (χ2n) is 8.71. The van der Waals surface area contributed by atoms with Crippen LogP contribution >= 0.6 is 0 Å². The van der Waals surface area contributed by atoms with E-state index in [9.17, 15) is 14.7 Å². The molecule has 1 aliphatic heterocycles. The molecule has 1 unspecified atom stereocenters. The maximum atomic E-state index is 13.3. The molecule has 3 N–H and O–H groups in total.